The Hall–Kier alpha value is -3.75. The molecule has 0 saturated carbocycles. The average molecular weight is 368 g/mol. The van der Waals surface area contributed by atoms with Gasteiger partial charge in [-0.05, 0) is 25.1 Å². The first-order chi connectivity index (χ1) is 13.0. The van der Waals surface area contributed by atoms with E-state index in [9.17, 15) is 19.7 Å². The van der Waals surface area contributed by atoms with Crippen LogP contribution in [0.2, 0.25) is 0 Å². The topological polar surface area (TPSA) is 127 Å². The zero-order valence-electron chi connectivity index (χ0n) is 14.4. The molecule has 0 aliphatic heterocycles. The number of fused-ring (bicyclic) bond motifs is 1. The Bertz CT molecular complexity index is 995. The lowest BCUT2D eigenvalue weighted by Crippen LogP contribution is -2.24. The van der Waals surface area contributed by atoms with Gasteiger partial charge in [0.1, 0.15) is 5.82 Å². The van der Waals surface area contributed by atoms with Crippen molar-refractivity contribution in [3.63, 3.8) is 0 Å². The molecule has 0 unspecified atom stereocenters. The van der Waals surface area contributed by atoms with Crippen molar-refractivity contribution in [1.82, 2.24) is 15.3 Å². The van der Waals surface area contributed by atoms with Crippen molar-refractivity contribution in [2.75, 3.05) is 6.61 Å². The van der Waals surface area contributed by atoms with Crippen LogP contribution in [0.3, 0.4) is 0 Å². The van der Waals surface area contributed by atoms with Gasteiger partial charge in [0.15, 0.2) is 0 Å². The number of non-ortho nitro benzene ring substituents is 1. The second-order valence-electron chi connectivity index (χ2n) is 5.63. The first-order valence-corrected chi connectivity index (χ1v) is 8.16. The lowest BCUT2D eigenvalue weighted by molar-refractivity contribution is -0.384. The molecule has 0 aliphatic rings. The van der Waals surface area contributed by atoms with Crippen LogP contribution in [0.4, 0.5) is 5.69 Å². The number of nitrogens with one attached hydrogen (secondary N) is 2. The van der Waals surface area contributed by atoms with Gasteiger partial charge in [0.2, 0.25) is 0 Å². The Morgan fingerprint density at radius 1 is 1.22 bits per heavy atom. The number of nitro benzene ring substituents is 1. The SMILES string of the molecule is CCOC(=O)c1cc(C(=O)NCc2nc3ccccc3[nH]2)cc([N+](=O)[O-])c1. The highest BCUT2D eigenvalue weighted by Crippen LogP contribution is 2.18. The number of aromatic amines is 1. The second kappa shape index (κ2) is 7.65. The summed E-state index contributed by atoms with van der Waals surface area (Å²) >= 11 is 0. The lowest BCUT2D eigenvalue weighted by Gasteiger charge is -2.06. The number of nitro groups is 1. The highest BCUT2D eigenvalue weighted by molar-refractivity contribution is 5.99. The summed E-state index contributed by atoms with van der Waals surface area (Å²) < 4.78 is 4.85. The molecule has 0 bridgehead atoms. The van der Waals surface area contributed by atoms with E-state index in [0.717, 1.165) is 23.2 Å². The number of H-pyrrole nitrogens is 1. The average Bonchev–Trinajstić information content (AvgIpc) is 3.08. The van der Waals surface area contributed by atoms with Gasteiger partial charge in [-0.25, -0.2) is 9.78 Å². The van der Waals surface area contributed by atoms with Gasteiger partial charge in [-0.2, -0.15) is 0 Å². The molecule has 0 atom stereocenters. The number of ether oxygens (including phenoxy) is 1. The molecule has 1 heterocycles. The standard InChI is InChI=1S/C18H16N4O5/c1-2-27-18(24)12-7-11(8-13(9-12)22(25)26)17(23)19-10-16-20-14-5-3-4-6-15(14)21-16/h3-9H,2,10H2,1H3,(H,19,23)(H,20,21). The molecule has 27 heavy (non-hydrogen) atoms. The first-order valence-electron chi connectivity index (χ1n) is 8.16. The lowest BCUT2D eigenvalue weighted by atomic mass is 10.1. The minimum Gasteiger partial charge on any atom is -0.462 e. The van der Waals surface area contributed by atoms with E-state index >= 15 is 0 Å². The van der Waals surface area contributed by atoms with Crippen LogP contribution < -0.4 is 5.32 Å². The number of hydrogen-bond acceptors (Lipinski definition) is 6. The Labute approximate surface area is 153 Å². The summed E-state index contributed by atoms with van der Waals surface area (Å²) in [6.45, 7) is 1.84. The summed E-state index contributed by atoms with van der Waals surface area (Å²) in [4.78, 5) is 42.1. The highest BCUT2D eigenvalue weighted by atomic mass is 16.6. The van der Waals surface area contributed by atoms with E-state index in [-0.39, 0.29) is 30.0 Å². The van der Waals surface area contributed by atoms with Gasteiger partial charge in [0.25, 0.3) is 11.6 Å². The number of carbonyl (C=O) groups is 2. The number of rotatable bonds is 6. The maximum atomic E-state index is 12.4. The van der Waals surface area contributed by atoms with E-state index in [1.807, 2.05) is 24.3 Å². The second-order valence-corrected chi connectivity index (χ2v) is 5.63. The van der Waals surface area contributed by atoms with Crippen molar-refractivity contribution in [3.8, 4) is 0 Å². The van der Waals surface area contributed by atoms with Crippen molar-refractivity contribution in [1.29, 1.82) is 0 Å². The molecule has 3 aromatic rings. The van der Waals surface area contributed by atoms with Crippen molar-refractivity contribution in [2.24, 2.45) is 0 Å². The minimum atomic E-state index is -0.729. The Morgan fingerprint density at radius 3 is 2.67 bits per heavy atom. The van der Waals surface area contributed by atoms with Gasteiger partial charge in [-0.15, -0.1) is 0 Å². The summed E-state index contributed by atoms with van der Waals surface area (Å²) in [7, 11) is 0. The summed E-state index contributed by atoms with van der Waals surface area (Å²) in [5.74, 6) is -0.752. The van der Waals surface area contributed by atoms with Gasteiger partial charge >= 0.3 is 5.97 Å². The number of amides is 1. The van der Waals surface area contributed by atoms with Gasteiger partial charge in [0, 0.05) is 17.7 Å². The molecule has 0 aliphatic carbocycles. The Balaban J connectivity index is 1.80. The molecule has 3 rings (SSSR count). The molecule has 1 amide bonds. The zero-order chi connectivity index (χ0) is 19.4. The fraction of sp³-hybridized carbons (Fsp3) is 0.167. The number of imidazole rings is 1. The third-order valence-electron chi connectivity index (χ3n) is 3.76. The minimum absolute atomic E-state index is 0.0108. The Morgan fingerprint density at radius 2 is 1.96 bits per heavy atom. The van der Waals surface area contributed by atoms with Crippen molar-refractivity contribution < 1.29 is 19.2 Å². The molecule has 2 N–H and O–H groups in total. The van der Waals surface area contributed by atoms with Crippen molar-refractivity contribution >= 4 is 28.6 Å². The molecular formula is C18H16N4O5. The van der Waals surface area contributed by atoms with Crippen LogP contribution >= 0.6 is 0 Å². The van der Waals surface area contributed by atoms with E-state index in [2.05, 4.69) is 15.3 Å². The zero-order valence-corrected chi connectivity index (χ0v) is 14.4. The van der Waals surface area contributed by atoms with E-state index in [1.54, 1.807) is 6.92 Å². The van der Waals surface area contributed by atoms with Crippen molar-refractivity contribution in [2.45, 2.75) is 13.5 Å². The number of esters is 1. The van der Waals surface area contributed by atoms with Crippen LogP contribution in [0, 0.1) is 10.1 Å². The molecule has 9 heteroatoms. The smallest absolute Gasteiger partial charge is 0.338 e. The summed E-state index contributed by atoms with van der Waals surface area (Å²) in [5, 5.41) is 13.7. The van der Waals surface area contributed by atoms with Gasteiger partial charge in [-0.1, -0.05) is 12.1 Å². The highest BCUT2D eigenvalue weighted by Gasteiger charge is 2.19. The monoisotopic (exact) mass is 368 g/mol. The van der Waals surface area contributed by atoms with Crippen LogP contribution in [0.25, 0.3) is 11.0 Å². The van der Waals surface area contributed by atoms with Gasteiger partial charge in [-0.3, -0.25) is 14.9 Å². The van der Waals surface area contributed by atoms with Crippen molar-refractivity contribution in [3.05, 3.63) is 69.5 Å². The number of hydrogen-bond donors (Lipinski definition) is 2. The van der Waals surface area contributed by atoms with Crippen LogP contribution in [0.15, 0.2) is 42.5 Å². The summed E-state index contributed by atoms with van der Waals surface area (Å²) in [6, 6.07) is 10.9. The molecular weight excluding hydrogens is 352 g/mol. The predicted molar refractivity (Wildman–Crippen MR) is 96.3 cm³/mol. The largest absolute Gasteiger partial charge is 0.462 e. The fourth-order valence-electron chi connectivity index (χ4n) is 2.54. The number of benzene rings is 2. The fourth-order valence-corrected chi connectivity index (χ4v) is 2.54. The van der Waals surface area contributed by atoms with Crippen LogP contribution in [-0.4, -0.2) is 33.4 Å². The molecule has 0 spiro atoms. The van der Waals surface area contributed by atoms with E-state index in [4.69, 9.17) is 4.74 Å². The molecule has 0 radical (unpaired) electrons. The summed E-state index contributed by atoms with van der Waals surface area (Å²) in [6.07, 6.45) is 0. The maximum absolute atomic E-state index is 12.4. The van der Waals surface area contributed by atoms with E-state index in [0.29, 0.717) is 5.82 Å². The van der Waals surface area contributed by atoms with Gasteiger partial charge in [0.05, 0.1) is 34.7 Å². The maximum Gasteiger partial charge on any atom is 0.338 e. The van der Waals surface area contributed by atoms with E-state index in [1.165, 1.54) is 6.07 Å². The third-order valence-corrected chi connectivity index (χ3v) is 3.76. The molecule has 138 valence electrons. The predicted octanol–water partition coefficient (Wildman–Crippen LogP) is 2.58. The van der Waals surface area contributed by atoms with Crippen LogP contribution in [0.1, 0.15) is 33.5 Å². The normalized spacial score (nSPS) is 10.6. The van der Waals surface area contributed by atoms with Gasteiger partial charge < -0.3 is 15.0 Å². The first kappa shape index (κ1) is 18.1. The molecule has 9 nitrogen and oxygen atoms in total. The van der Waals surface area contributed by atoms with Crippen LogP contribution in [-0.2, 0) is 11.3 Å². The number of para-hydroxylation sites is 2. The number of nitrogens with zero attached hydrogens (tertiary/aromatic N) is 2. The van der Waals surface area contributed by atoms with Crippen LogP contribution in [0.5, 0.6) is 0 Å². The molecule has 2 aromatic carbocycles. The number of aromatic nitrogens is 2. The quantitative estimate of drug-likeness (QED) is 0.391. The number of carbonyl (C=O) groups excluding carboxylic acids is 2. The molecule has 1 aromatic heterocycles. The Kier molecular flexibility index (Phi) is 5.11. The summed E-state index contributed by atoms with van der Waals surface area (Å²) in [5.41, 5.74) is 1.17. The molecule has 0 fully saturated rings. The molecule has 0 saturated heterocycles. The third kappa shape index (κ3) is 4.09. The van der Waals surface area contributed by atoms with E-state index < -0.39 is 16.8 Å².